The lowest BCUT2D eigenvalue weighted by molar-refractivity contribution is 0.165. The molecule has 0 aliphatic heterocycles. The molecule has 2 aliphatic rings. The van der Waals surface area contributed by atoms with Crippen LogP contribution in [0.5, 0.6) is 0 Å². The average Bonchev–Trinajstić information content (AvgIpc) is 3.29. The monoisotopic (exact) mass is 359 g/mol. The Morgan fingerprint density at radius 3 is 2.77 bits per heavy atom. The lowest BCUT2D eigenvalue weighted by atomic mass is 10.1. The molecule has 4 rings (SSSR count). The fourth-order valence-corrected chi connectivity index (χ4v) is 3.43. The van der Waals surface area contributed by atoms with E-state index in [1.54, 1.807) is 0 Å². The van der Waals surface area contributed by atoms with Crippen molar-refractivity contribution >= 4 is 21.7 Å². The van der Waals surface area contributed by atoms with Crippen LogP contribution in [0.4, 0.5) is 5.82 Å². The van der Waals surface area contributed by atoms with Crippen LogP contribution in [0.2, 0.25) is 0 Å². The average molecular weight is 360 g/mol. The molecule has 1 heterocycles. The van der Waals surface area contributed by atoms with Crippen LogP contribution in [0.25, 0.3) is 0 Å². The van der Waals surface area contributed by atoms with Crippen LogP contribution in [0.1, 0.15) is 47.3 Å². The molecule has 2 aromatic rings. The maximum absolute atomic E-state index is 10.4. The van der Waals surface area contributed by atoms with Gasteiger partial charge in [0.05, 0.1) is 23.5 Å². The summed E-state index contributed by atoms with van der Waals surface area (Å²) in [6, 6.07) is 8.10. The van der Waals surface area contributed by atoms with Gasteiger partial charge in [0.15, 0.2) is 0 Å². The van der Waals surface area contributed by atoms with Crippen molar-refractivity contribution in [2.24, 2.45) is 0 Å². The molecule has 2 N–H and O–H groups in total. The molecule has 22 heavy (non-hydrogen) atoms. The molecule has 2 aliphatic carbocycles. The highest BCUT2D eigenvalue weighted by Crippen LogP contribution is 2.44. The number of aliphatic hydroxyl groups excluding tert-OH is 1. The van der Waals surface area contributed by atoms with Gasteiger partial charge in [-0.15, -0.1) is 0 Å². The second-order valence-electron chi connectivity index (χ2n) is 6.20. The molecule has 0 radical (unpaired) electrons. The molecular formula is C17H18BrN3O. The molecule has 0 spiro atoms. The van der Waals surface area contributed by atoms with Crippen LogP contribution < -0.4 is 5.32 Å². The van der Waals surface area contributed by atoms with Gasteiger partial charge in [0.2, 0.25) is 0 Å². The van der Waals surface area contributed by atoms with E-state index in [1.807, 2.05) is 19.1 Å². The van der Waals surface area contributed by atoms with E-state index in [-0.39, 0.29) is 6.04 Å². The summed E-state index contributed by atoms with van der Waals surface area (Å²) in [5, 5.41) is 13.9. The largest absolute Gasteiger partial charge is 0.390 e. The first-order chi connectivity index (χ1) is 10.6. The summed E-state index contributed by atoms with van der Waals surface area (Å²) in [6.45, 7) is 1.94. The van der Waals surface area contributed by atoms with Gasteiger partial charge < -0.3 is 10.4 Å². The standard InChI is InChI=1S/C17H18BrN3O/c1-9-16(18)20-14(10-6-7-10)17(19-9)21-15-12-5-3-2-4-11(12)8-13(15)22/h2-5,10,13,15,22H,6-8H2,1H3,(H,19,21). The summed E-state index contributed by atoms with van der Waals surface area (Å²) in [5.41, 5.74) is 4.27. The molecule has 1 aromatic heterocycles. The summed E-state index contributed by atoms with van der Waals surface area (Å²) in [5.74, 6) is 1.32. The number of aryl methyl sites for hydroxylation is 1. The third-order valence-corrected chi connectivity index (χ3v) is 5.25. The van der Waals surface area contributed by atoms with E-state index >= 15 is 0 Å². The predicted molar refractivity (Wildman–Crippen MR) is 89.0 cm³/mol. The van der Waals surface area contributed by atoms with Crippen molar-refractivity contribution in [2.75, 3.05) is 5.32 Å². The van der Waals surface area contributed by atoms with Crippen molar-refractivity contribution in [1.82, 2.24) is 9.97 Å². The van der Waals surface area contributed by atoms with Gasteiger partial charge in [-0.2, -0.15) is 0 Å². The Morgan fingerprint density at radius 1 is 1.23 bits per heavy atom. The smallest absolute Gasteiger partial charge is 0.149 e. The number of nitrogens with one attached hydrogen (secondary N) is 1. The number of fused-ring (bicyclic) bond motifs is 1. The molecule has 5 heteroatoms. The topological polar surface area (TPSA) is 58.0 Å². The van der Waals surface area contributed by atoms with Gasteiger partial charge in [0.25, 0.3) is 0 Å². The van der Waals surface area contributed by atoms with Gasteiger partial charge in [-0.1, -0.05) is 24.3 Å². The predicted octanol–water partition coefficient (Wildman–Crippen LogP) is 3.50. The van der Waals surface area contributed by atoms with E-state index < -0.39 is 6.10 Å². The summed E-state index contributed by atoms with van der Waals surface area (Å²) >= 11 is 3.48. The maximum atomic E-state index is 10.4. The zero-order valence-electron chi connectivity index (χ0n) is 12.4. The third kappa shape index (κ3) is 2.42. The molecule has 0 amide bonds. The highest BCUT2D eigenvalue weighted by molar-refractivity contribution is 9.10. The first kappa shape index (κ1) is 14.2. The second-order valence-corrected chi connectivity index (χ2v) is 6.95. The highest BCUT2D eigenvalue weighted by Gasteiger charge is 2.34. The van der Waals surface area contributed by atoms with Crippen LogP contribution in [-0.2, 0) is 6.42 Å². The van der Waals surface area contributed by atoms with Gasteiger partial charge in [-0.3, -0.25) is 0 Å². The van der Waals surface area contributed by atoms with Gasteiger partial charge in [0.1, 0.15) is 10.4 Å². The second kappa shape index (κ2) is 5.32. The fraction of sp³-hybridized carbons (Fsp3) is 0.412. The third-order valence-electron chi connectivity index (χ3n) is 4.50. The molecule has 114 valence electrons. The summed E-state index contributed by atoms with van der Waals surface area (Å²) < 4.78 is 0.812. The fourth-order valence-electron chi connectivity index (χ4n) is 3.15. The number of nitrogens with zero attached hydrogens (tertiary/aromatic N) is 2. The van der Waals surface area contributed by atoms with Gasteiger partial charge >= 0.3 is 0 Å². The number of hydrogen-bond acceptors (Lipinski definition) is 4. The minimum absolute atomic E-state index is 0.108. The number of benzene rings is 1. The number of aliphatic hydroxyl groups is 1. The van der Waals surface area contributed by atoms with E-state index in [4.69, 9.17) is 0 Å². The zero-order valence-corrected chi connectivity index (χ0v) is 14.0. The molecular weight excluding hydrogens is 342 g/mol. The number of halogens is 1. The van der Waals surface area contributed by atoms with Crippen LogP contribution in [-0.4, -0.2) is 21.2 Å². The maximum Gasteiger partial charge on any atom is 0.149 e. The van der Waals surface area contributed by atoms with E-state index in [0.29, 0.717) is 12.3 Å². The normalized spacial score (nSPS) is 23.4. The van der Waals surface area contributed by atoms with Gasteiger partial charge in [0, 0.05) is 12.3 Å². The van der Waals surface area contributed by atoms with Gasteiger partial charge in [-0.25, -0.2) is 9.97 Å². The summed E-state index contributed by atoms with van der Waals surface area (Å²) in [6.07, 6.45) is 2.61. The minimum Gasteiger partial charge on any atom is -0.390 e. The molecule has 0 saturated heterocycles. The Kier molecular flexibility index (Phi) is 3.42. The van der Waals surface area contributed by atoms with Crippen molar-refractivity contribution in [3.8, 4) is 0 Å². The van der Waals surface area contributed by atoms with Gasteiger partial charge in [-0.05, 0) is 46.8 Å². The van der Waals surface area contributed by atoms with E-state index in [1.165, 1.54) is 24.0 Å². The Morgan fingerprint density at radius 2 is 2.00 bits per heavy atom. The van der Waals surface area contributed by atoms with Crippen LogP contribution in [0.3, 0.4) is 0 Å². The Labute approximate surface area is 138 Å². The summed E-state index contributed by atoms with van der Waals surface area (Å²) in [7, 11) is 0. The number of anilines is 1. The van der Waals surface area contributed by atoms with Crippen LogP contribution in [0.15, 0.2) is 28.9 Å². The van der Waals surface area contributed by atoms with Crippen LogP contribution >= 0.6 is 15.9 Å². The van der Waals surface area contributed by atoms with E-state index in [9.17, 15) is 5.11 Å². The van der Waals surface area contributed by atoms with Crippen LogP contribution in [0, 0.1) is 6.92 Å². The van der Waals surface area contributed by atoms with Crippen molar-refractivity contribution in [3.63, 3.8) is 0 Å². The van der Waals surface area contributed by atoms with Crippen molar-refractivity contribution < 1.29 is 5.11 Å². The molecule has 1 fully saturated rings. The quantitative estimate of drug-likeness (QED) is 0.880. The SMILES string of the molecule is Cc1nc(NC2c3ccccc3CC2O)c(C2CC2)nc1Br. The van der Waals surface area contributed by atoms with Crippen molar-refractivity contribution in [2.45, 2.75) is 44.2 Å². The highest BCUT2D eigenvalue weighted by atomic mass is 79.9. The lowest BCUT2D eigenvalue weighted by Gasteiger charge is -2.20. The number of rotatable bonds is 3. The Balaban J connectivity index is 1.70. The van der Waals surface area contributed by atoms with E-state index in [2.05, 4.69) is 43.3 Å². The van der Waals surface area contributed by atoms with Crippen molar-refractivity contribution in [1.29, 1.82) is 0 Å². The number of aromatic nitrogens is 2. The Hall–Kier alpha value is -1.46. The zero-order chi connectivity index (χ0) is 15.3. The molecule has 4 nitrogen and oxygen atoms in total. The summed E-state index contributed by atoms with van der Waals surface area (Å²) in [4.78, 5) is 9.34. The first-order valence-corrected chi connectivity index (χ1v) is 8.49. The molecule has 1 saturated carbocycles. The van der Waals surface area contributed by atoms with E-state index in [0.717, 1.165) is 21.8 Å². The first-order valence-electron chi connectivity index (χ1n) is 7.70. The molecule has 2 unspecified atom stereocenters. The minimum atomic E-state index is -0.421. The van der Waals surface area contributed by atoms with Crippen molar-refractivity contribution in [3.05, 3.63) is 51.4 Å². The molecule has 1 aromatic carbocycles. The number of hydrogen-bond donors (Lipinski definition) is 2. The molecule has 0 bridgehead atoms. The molecule has 2 atom stereocenters. The Bertz CT molecular complexity index is 730. The lowest BCUT2D eigenvalue weighted by Crippen LogP contribution is -2.23.